The minimum absolute atomic E-state index is 0.356. The fraction of sp³-hybridized carbons (Fsp3) is 0.154. The Morgan fingerprint density at radius 3 is 2.89 bits per heavy atom. The number of hydrogen-bond donors (Lipinski definition) is 0. The number of imidazole rings is 1. The van der Waals surface area contributed by atoms with E-state index in [4.69, 9.17) is 5.26 Å². The number of hydrogen-bond acceptors (Lipinski definition) is 4. The molecule has 88 valence electrons. The lowest BCUT2D eigenvalue weighted by molar-refractivity contribution is 1.07. The number of nitriles is 1. The van der Waals surface area contributed by atoms with E-state index in [-0.39, 0.29) is 0 Å². The number of nitrogens with zero attached hydrogens (tertiary/aromatic N) is 4. The summed E-state index contributed by atoms with van der Waals surface area (Å²) in [5.74, 6) is 0. The summed E-state index contributed by atoms with van der Waals surface area (Å²) in [5.41, 5.74) is 2.83. The topological polar surface area (TPSA) is 54.0 Å². The molecule has 0 saturated carbocycles. The van der Waals surface area contributed by atoms with Gasteiger partial charge in [-0.05, 0) is 19.1 Å². The van der Waals surface area contributed by atoms with Gasteiger partial charge in [0.15, 0.2) is 4.96 Å². The molecule has 0 radical (unpaired) electrons. The second-order valence-electron chi connectivity index (χ2n) is 3.97. The summed E-state index contributed by atoms with van der Waals surface area (Å²) in [5, 5.41) is 8.98. The van der Waals surface area contributed by atoms with Gasteiger partial charge in [-0.2, -0.15) is 5.26 Å². The lowest BCUT2D eigenvalue weighted by Gasteiger charge is -1.99. The molecular formula is C13H10N4S. The van der Waals surface area contributed by atoms with Crippen molar-refractivity contribution in [2.45, 2.75) is 13.3 Å². The first kappa shape index (κ1) is 10.9. The molecule has 0 aliphatic rings. The minimum atomic E-state index is 0.356. The van der Waals surface area contributed by atoms with Crippen molar-refractivity contribution in [3.8, 4) is 17.3 Å². The summed E-state index contributed by atoms with van der Waals surface area (Å²) >= 11 is 1.63. The molecular weight excluding hydrogens is 244 g/mol. The second-order valence-corrected chi connectivity index (χ2v) is 5.19. The molecule has 4 nitrogen and oxygen atoms in total. The summed E-state index contributed by atoms with van der Waals surface area (Å²) in [7, 11) is 0. The molecule has 3 aromatic rings. The summed E-state index contributed by atoms with van der Waals surface area (Å²) in [6.45, 7) is 2.04. The Morgan fingerprint density at radius 2 is 2.17 bits per heavy atom. The van der Waals surface area contributed by atoms with Crippen molar-refractivity contribution in [1.82, 2.24) is 14.4 Å². The van der Waals surface area contributed by atoms with E-state index in [2.05, 4.69) is 16.0 Å². The largest absolute Gasteiger partial charge is 0.293 e. The van der Waals surface area contributed by atoms with Crippen molar-refractivity contribution in [2.75, 3.05) is 0 Å². The van der Waals surface area contributed by atoms with E-state index in [1.807, 2.05) is 29.7 Å². The molecule has 0 aliphatic heterocycles. The highest BCUT2D eigenvalue weighted by molar-refractivity contribution is 7.17. The molecule has 0 atom stereocenters. The standard InChI is InChI=1S/C13H10N4S/c1-9-8-17-11(2-5-14)12(16-13(17)18-9)10-3-6-15-7-4-10/h3-4,6-8H,2H2,1H3. The minimum Gasteiger partial charge on any atom is -0.293 e. The van der Waals surface area contributed by atoms with E-state index < -0.39 is 0 Å². The van der Waals surface area contributed by atoms with Gasteiger partial charge in [0.2, 0.25) is 0 Å². The number of aryl methyl sites for hydroxylation is 1. The van der Waals surface area contributed by atoms with Crippen LogP contribution in [0.5, 0.6) is 0 Å². The molecule has 0 N–H and O–H groups in total. The molecule has 0 aliphatic carbocycles. The zero-order chi connectivity index (χ0) is 12.5. The Labute approximate surface area is 108 Å². The zero-order valence-electron chi connectivity index (χ0n) is 9.79. The number of thiazole rings is 1. The van der Waals surface area contributed by atoms with Crippen LogP contribution in [0.1, 0.15) is 10.6 Å². The fourth-order valence-corrected chi connectivity index (χ4v) is 2.83. The third kappa shape index (κ3) is 1.67. The first-order valence-electron chi connectivity index (χ1n) is 5.54. The molecule has 0 spiro atoms. The fourth-order valence-electron chi connectivity index (χ4n) is 1.99. The predicted molar refractivity (Wildman–Crippen MR) is 70.4 cm³/mol. The van der Waals surface area contributed by atoms with Crippen LogP contribution in [0.25, 0.3) is 16.2 Å². The smallest absolute Gasteiger partial charge is 0.194 e. The molecule has 18 heavy (non-hydrogen) atoms. The summed E-state index contributed by atoms with van der Waals surface area (Å²) in [4.78, 5) is 10.8. The van der Waals surface area contributed by atoms with Crippen LogP contribution in [0, 0.1) is 18.3 Å². The average molecular weight is 254 g/mol. The van der Waals surface area contributed by atoms with Crippen molar-refractivity contribution < 1.29 is 0 Å². The SMILES string of the molecule is Cc1cn2c(CC#N)c(-c3ccncc3)nc2s1. The van der Waals surface area contributed by atoms with Gasteiger partial charge in [0.05, 0.1) is 23.9 Å². The maximum Gasteiger partial charge on any atom is 0.194 e. The Morgan fingerprint density at radius 1 is 1.39 bits per heavy atom. The highest BCUT2D eigenvalue weighted by Crippen LogP contribution is 2.28. The van der Waals surface area contributed by atoms with Crippen LogP contribution in [0.3, 0.4) is 0 Å². The number of aromatic nitrogens is 3. The van der Waals surface area contributed by atoms with E-state index in [1.165, 1.54) is 4.88 Å². The van der Waals surface area contributed by atoms with Crippen LogP contribution in [0.15, 0.2) is 30.7 Å². The van der Waals surface area contributed by atoms with E-state index in [1.54, 1.807) is 23.7 Å². The zero-order valence-corrected chi connectivity index (χ0v) is 10.6. The van der Waals surface area contributed by atoms with Crippen molar-refractivity contribution in [2.24, 2.45) is 0 Å². The molecule has 3 aromatic heterocycles. The van der Waals surface area contributed by atoms with E-state index >= 15 is 0 Å². The molecule has 0 aromatic carbocycles. The number of rotatable bonds is 2. The molecule has 0 fully saturated rings. The van der Waals surface area contributed by atoms with Gasteiger partial charge in [-0.3, -0.25) is 9.38 Å². The highest BCUT2D eigenvalue weighted by Gasteiger charge is 2.15. The monoisotopic (exact) mass is 254 g/mol. The normalized spacial score (nSPS) is 10.7. The molecule has 3 rings (SSSR count). The summed E-state index contributed by atoms with van der Waals surface area (Å²) < 4.78 is 2.01. The van der Waals surface area contributed by atoms with Gasteiger partial charge in [-0.1, -0.05) is 0 Å². The molecule has 0 amide bonds. The summed E-state index contributed by atoms with van der Waals surface area (Å²) in [6, 6.07) is 6.04. The third-order valence-electron chi connectivity index (χ3n) is 2.74. The lowest BCUT2D eigenvalue weighted by Crippen LogP contribution is -1.91. The lowest BCUT2D eigenvalue weighted by atomic mass is 10.1. The molecule has 0 saturated heterocycles. The number of pyridine rings is 1. The molecule has 0 unspecified atom stereocenters. The quantitative estimate of drug-likeness (QED) is 0.706. The van der Waals surface area contributed by atoms with Crippen LogP contribution in [0.4, 0.5) is 0 Å². The Kier molecular flexibility index (Phi) is 2.58. The van der Waals surface area contributed by atoms with Crippen LogP contribution in [0.2, 0.25) is 0 Å². The highest BCUT2D eigenvalue weighted by atomic mass is 32.1. The van der Waals surface area contributed by atoms with Gasteiger partial charge in [0.25, 0.3) is 0 Å². The van der Waals surface area contributed by atoms with Crippen molar-refractivity contribution in [1.29, 1.82) is 5.26 Å². The van der Waals surface area contributed by atoms with Gasteiger partial charge in [0.1, 0.15) is 0 Å². The van der Waals surface area contributed by atoms with E-state index in [9.17, 15) is 0 Å². The van der Waals surface area contributed by atoms with Crippen LogP contribution in [-0.4, -0.2) is 14.4 Å². The van der Waals surface area contributed by atoms with Crippen LogP contribution < -0.4 is 0 Å². The predicted octanol–water partition coefficient (Wildman–Crippen LogP) is 2.83. The van der Waals surface area contributed by atoms with Gasteiger partial charge < -0.3 is 0 Å². The molecule has 0 bridgehead atoms. The molecule has 3 heterocycles. The first-order chi connectivity index (χ1) is 8.79. The van der Waals surface area contributed by atoms with Crippen molar-refractivity contribution in [3.05, 3.63) is 41.3 Å². The maximum atomic E-state index is 8.98. The van der Waals surface area contributed by atoms with E-state index in [0.29, 0.717) is 6.42 Å². The maximum absolute atomic E-state index is 8.98. The first-order valence-corrected chi connectivity index (χ1v) is 6.36. The van der Waals surface area contributed by atoms with Crippen LogP contribution in [-0.2, 0) is 6.42 Å². The average Bonchev–Trinajstić information content (AvgIpc) is 2.89. The summed E-state index contributed by atoms with van der Waals surface area (Å²) in [6.07, 6.45) is 5.87. The van der Waals surface area contributed by atoms with E-state index in [0.717, 1.165) is 21.9 Å². The van der Waals surface area contributed by atoms with Crippen LogP contribution >= 0.6 is 11.3 Å². The Balaban J connectivity index is 2.26. The van der Waals surface area contributed by atoms with Gasteiger partial charge in [-0.15, -0.1) is 11.3 Å². The van der Waals surface area contributed by atoms with Gasteiger partial charge in [-0.25, -0.2) is 4.98 Å². The van der Waals surface area contributed by atoms with Gasteiger partial charge in [0, 0.05) is 29.0 Å². The second kappa shape index (κ2) is 4.24. The van der Waals surface area contributed by atoms with Gasteiger partial charge >= 0.3 is 0 Å². The molecule has 5 heteroatoms. The Hall–Kier alpha value is -2.19. The Bertz CT molecular complexity index is 734. The third-order valence-corrected chi connectivity index (χ3v) is 3.64. The van der Waals surface area contributed by atoms with Crippen molar-refractivity contribution >= 4 is 16.3 Å². The number of fused-ring (bicyclic) bond motifs is 1. The van der Waals surface area contributed by atoms with Crippen molar-refractivity contribution in [3.63, 3.8) is 0 Å².